The zero-order valence-electron chi connectivity index (χ0n) is 15.6. The van der Waals surface area contributed by atoms with Crippen LogP contribution in [0.15, 0.2) is 72.9 Å². The SMILES string of the molecule is CCCCS(=O)(=O)Nc1ccc(Nc2ccccc2Oc2ccccc2)nc1. The number of hydrogen-bond acceptors (Lipinski definition) is 5. The van der Waals surface area contributed by atoms with Crippen molar-refractivity contribution in [1.29, 1.82) is 0 Å². The van der Waals surface area contributed by atoms with E-state index in [1.54, 1.807) is 12.1 Å². The van der Waals surface area contributed by atoms with Gasteiger partial charge in [-0.25, -0.2) is 13.4 Å². The minimum Gasteiger partial charge on any atom is -0.455 e. The maximum Gasteiger partial charge on any atom is 0.232 e. The molecular formula is C21H23N3O3S. The molecule has 0 aliphatic carbocycles. The topological polar surface area (TPSA) is 80.3 Å². The summed E-state index contributed by atoms with van der Waals surface area (Å²) in [5.74, 6) is 2.09. The Kier molecular flexibility index (Phi) is 6.49. The van der Waals surface area contributed by atoms with Crippen molar-refractivity contribution in [3.63, 3.8) is 0 Å². The molecule has 0 spiro atoms. The Bertz CT molecular complexity index is 991. The molecule has 6 nitrogen and oxygen atoms in total. The molecule has 0 saturated carbocycles. The predicted molar refractivity (Wildman–Crippen MR) is 113 cm³/mol. The van der Waals surface area contributed by atoms with Gasteiger partial charge in [0.15, 0.2) is 5.75 Å². The zero-order chi connectivity index (χ0) is 19.8. The summed E-state index contributed by atoms with van der Waals surface area (Å²) in [6.07, 6.45) is 2.94. The lowest BCUT2D eigenvalue weighted by atomic mass is 10.2. The normalized spacial score (nSPS) is 11.0. The summed E-state index contributed by atoms with van der Waals surface area (Å²) < 4.78 is 32.4. The molecule has 7 heteroatoms. The average Bonchev–Trinajstić information content (AvgIpc) is 2.70. The second kappa shape index (κ2) is 9.23. The number of rotatable bonds is 9. The molecule has 1 aromatic heterocycles. The summed E-state index contributed by atoms with van der Waals surface area (Å²) in [7, 11) is -3.34. The van der Waals surface area contributed by atoms with Crippen LogP contribution in [-0.2, 0) is 10.0 Å². The molecule has 0 atom stereocenters. The zero-order valence-corrected chi connectivity index (χ0v) is 16.4. The van der Waals surface area contributed by atoms with Gasteiger partial charge < -0.3 is 10.1 Å². The highest BCUT2D eigenvalue weighted by atomic mass is 32.2. The van der Waals surface area contributed by atoms with Crippen molar-refractivity contribution >= 4 is 27.2 Å². The molecule has 28 heavy (non-hydrogen) atoms. The van der Waals surface area contributed by atoms with Crippen molar-refractivity contribution in [2.45, 2.75) is 19.8 Å². The molecular weight excluding hydrogens is 374 g/mol. The number of nitrogens with zero attached hydrogens (tertiary/aromatic N) is 1. The van der Waals surface area contributed by atoms with E-state index in [0.717, 1.165) is 17.9 Å². The van der Waals surface area contributed by atoms with Gasteiger partial charge in [0, 0.05) is 0 Å². The van der Waals surface area contributed by atoms with Crippen LogP contribution in [0.3, 0.4) is 0 Å². The Morgan fingerprint density at radius 1 is 0.964 bits per heavy atom. The fourth-order valence-corrected chi connectivity index (χ4v) is 3.76. The number of unbranched alkanes of at least 4 members (excludes halogenated alkanes) is 1. The van der Waals surface area contributed by atoms with Gasteiger partial charge in [-0.15, -0.1) is 0 Å². The minimum atomic E-state index is -3.34. The van der Waals surface area contributed by atoms with Crippen LogP contribution in [0.1, 0.15) is 19.8 Å². The first-order chi connectivity index (χ1) is 13.6. The predicted octanol–water partition coefficient (Wildman–Crippen LogP) is 5.16. The van der Waals surface area contributed by atoms with Crippen molar-refractivity contribution in [3.8, 4) is 11.5 Å². The molecule has 2 aromatic carbocycles. The smallest absolute Gasteiger partial charge is 0.232 e. The fourth-order valence-electron chi connectivity index (χ4n) is 2.51. The fraction of sp³-hybridized carbons (Fsp3) is 0.190. The van der Waals surface area contributed by atoms with E-state index in [1.165, 1.54) is 6.20 Å². The van der Waals surface area contributed by atoms with E-state index < -0.39 is 10.0 Å². The van der Waals surface area contributed by atoms with Gasteiger partial charge in [0.05, 0.1) is 23.3 Å². The monoisotopic (exact) mass is 397 g/mol. The van der Waals surface area contributed by atoms with Crippen LogP contribution in [0.5, 0.6) is 11.5 Å². The lowest BCUT2D eigenvalue weighted by molar-refractivity contribution is 0.485. The second-order valence-electron chi connectivity index (χ2n) is 6.24. The molecule has 3 aromatic rings. The summed E-state index contributed by atoms with van der Waals surface area (Å²) in [4.78, 5) is 4.29. The van der Waals surface area contributed by atoms with Crippen molar-refractivity contribution in [3.05, 3.63) is 72.9 Å². The first kappa shape index (κ1) is 19.7. The number of para-hydroxylation sites is 3. The standard InChI is InChI=1S/C21H23N3O3S/c1-2-3-15-28(25,26)24-17-13-14-21(22-16-17)23-19-11-7-8-12-20(19)27-18-9-5-4-6-10-18/h4-14,16,24H,2-3,15H2,1H3,(H,22,23). The lowest BCUT2D eigenvalue weighted by Gasteiger charge is -2.13. The first-order valence-electron chi connectivity index (χ1n) is 9.11. The maximum absolute atomic E-state index is 12.0. The van der Waals surface area contributed by atoms with Crippen molar-refractivity contribution in [2.75, 3.05) is 15.8 Å². The molecule has 0 unspecified atom stereocenters. The van der Waals surface area contributed by atoms with Gasteiger partial charge in [0.1, 0.15) is 11.6 Å². The third kappa shape index (κ3) is 5.72. The van der Waals surface area contributed by atoms with Crippen LogP contribution in [0.2, 0.25) is 0 Å². The van der Waals surface area contributed by atoms with Crippen molar-refractivity contribution in [1.82, 2.24) is 4.98 Å². The quantitative estimate of drug-likeness (QED) is 0.521. The highest BCUT2D eigenvalue weighted by Crippen LogP contribution is 2.31. The van der Waals surface area contributed by atoms with E-state index in [4.69, 9.17) is 4.74 Å². The Labute approximate surface area is 165 Å². The Morgan fingerprint density at radius 2 is 1.71 bits per heavy atom. The van der Waals surface area contributed by atoms with Crippen LogP contribution < -0.4 is 14.8 Å². The third-order valence-electron chi connectivity index (χ3n) is 3.92. The highest BCUT2D eigenvalue weighted by Gasteiger charge is 2.10. The molecule has 2 N–H and O–H groups in total. The minimum absolute atomic E-state index is 0.105. The van der Waals surface area contributed by atoms with Gasteiger partial charge in [-0.1, -0.05) is 43.7 Å². The van der Waals surface area contributed by atoms with E-state index in [9.17, 15) is 8.42 Å². The van der Waals surface area contributed by atoms with E-state index in [1.807, 2.05) is 61.5 Å². The van der Waals surface area contributed by atoms with E-state index >= 15 is 0 Å². The molecule has 1 heterocycles. The Morgan fingerprint density at radius 3 is 2.43 bits per heavy atom. The highest BCUT2D eigenvalue weighted by molar-refractivity contribution is 7.92. The van der Waals surface area contributed by atoms with E-state index in [0.29, 0.717) is 23.7 Å². The van der Waals surface area contributed by atoms with Gasteiger partial charge in [-0.2, -0.15) is 0 Å². The summed E-state index contributed by atoms with van der Waals surface area (Å²) in [5.41, 5.74) is 1.20. The molecule has 0 bridgehead atoms. The lowest BCUT2D eigenvalue weighted by Crippen LogP contribution is -2.16. The number of hydrogen-bond donors (Lipinski definition) is 2. The first-order valence-corrected chi connectivity index (χ1v) is 10.8. The van der Waals surface area contributed by atoms with Crippen LogP contribution in [0.25, 0.3) is 0 Å². The molecule has 0 radical (unpaired) electrons. The number of benzene rings is 2. The van der Waals surface area contributed by atoms with Gasteiger partial charge in [-0.3, -0.25) is 4.72 Å². The maximum atomic E-state index is 12.0. The van der Waals surface area contributed by atoms with Gasteiger partial charge in [0.2, 0.25) is 10.0 Å². The summed E-state index contributed by atoms with van der Waals surface area (Å²) >= 11 is 0. The number of sulfonamides is 1. The van der Waals surface area contributed by atoms with Crippen LogP contribution in [-0.4, -0.2) is 19.2 Å². The van der Waals surface area contributed by atoms with Crippen LogP contribution in [0, 0.1) is 0 Å². The summed E-state index contributed by atoms with van der Waals surface area (Å²) in [6.45, 7) is 1.96. The summed E-state index contributed by atoms with van der Waals surface area (Å²) in [6, 6.07) is 20.5. The van der Waals surface area contributed by atoms with E-state index in [-0.39, 0.29) is 5.75 Å². The number of pyridine rings is 1. The van der Waals surface area contributed by atoms with Gasteiger partial charge >= 0.3 is 0 Å². The molecule has 0 aliphatic rings. The molecule has 0 aliphatic heterocycles. The molecule has 0 saturated heterocycles. The van der Waals surface area contributed by atoms with Gasteiger partial charge in [0.25, 0.3) is 0 Å². The number of anilines is 3. The Balaban J connectivity index is 1.69. The number of aromatic nitrogens is 1. The summed E-state index contributed by atoms with van der Waals surface area (Å²) in [5, 5.41) is 3.20. The average molecular weight is 398 g/mol. The molecule has 146 valence electrons. The largest absolute Gasteiger partial charge is 0.455 e. The number of ether oxygens (including phenoxy) is 1. The van der Waals surface area contributed by atoms with Gasteiger partial charge in [-0.05, 0) is 42.8 Å². The molecule has 0 amide bonds. The van der Waals surface area contributed by atoms with E-state index in [2.05, 4.69) is 15.0 Å². The molecule has 3 rings (SSSR count). The third-order valence-corrected chi connectivity index (χ3v) is 5.30. The van der Waals surface area contributed by atoms with Crippen molar-refractivity contribution in [2.24, 2.45) is 0 Å². The van der Waals surface area contributed by atoms with Crippen molar-refractivity contribution < 1.29 is 13.2 Å². The van der Waals surface area contributed by atoms with Crippen LogP contribution >= 0.6 is 0 Å². The molecule has 0 fully saturated rings. The van der Waals surface area contributed by atoms with Crippen LogP contribution in [0.4, 0.5) is 17.2 Å². The number of nitrogens with one attached hydrogen (secondary N) is 2. The Hall–Kier alpha value is -3.06. The second-order valence-corrected chi connectivity index (χ2v) is 8.08.